The maximum absolute atomic E-state index is 12.9. The van der Waals surface area contributed by atoms with Crippen molar-refractivity contribution >= 4 is 17.9 Å². The molecule has 0 saturated carbocycles. The number of unbranched alkanes of at least 4 members (excludes halogenated alkanes) is 28. The highest BCUT2D eigenvalue weighted by atomic mass is 16.6. The van der Waals surface area contributed by atoms with Gasteiger partial charge in [0.1, 0.15) is 13.2 Å². The number of rotatable bonds is 55. The molecule has 6 nitrogen and oxygen atoms in total. The van der Waals surface area contributed by atoms with Gasteiger partial charge in [-0.15, -0.1) is 0 Å². The van der Waals surface area contributed by atoms with Crippen LogP contribution in [0.15, 0.2) is 97.2 Å². The minimum absolute atomic E-state index is 0.101. The van der Waals surface area contributed by atoms with Crippen molar-refractivity contribution in [3.05, 3.63) is 97.2 Å². The molecule has 0 unspecified atom stereocenters. The van der Waals surface area contributed by atoms with Gasteiger partial charge in [-0.05, 0) is 96.3 Å². The Kier molecular flexibility index (Phi) is 57.8. The number of allylic oxidation sites excluding steroid dienone is 16. The van der Waals surface area contributed by atoms with Crippen molar-refractivity contribution in [3.63, 3.8) is 0 Å². The predicted octanol–water partition coefficient (Wildman–Crippen LogP) is 20.9. The number of hydrogen-bond donors (Lipinski definition) is 0. The van der Waals surface area contributed by atoms with Gasteiger partial charge in [-0.3, -0.25) is 14.4 Å². The zero-order valence-corrected chi connectivity index (χ0v) is 47.9. The SMILES string of the molecule is CC/C=C\C/C=C\C/C=C\C/C=C\C/C=C\CCCC(=O)OC[C@H](COC(=O)CCCCCCCC/C=C\C/C=C\C/C=C\CCCCC)OC(=O)CCCCCCCCCCCCCCCCCCCCC. The molecule has 418 valence electrons. The number of carbonyl (C=O) groups is 3. The average molecular weight is 1020 g/mol. The lowest BCUT2D eigenvalue weighted by molar-refractivity contribution is -0.167. The van der Waals surface area contributed by atoms with Crippen molar-refractivity contribution in [2.24, 2.45) is 0 Å². The van der Waals surface area contributed by atoms with Crippen molar-refractivity contribution in [2.75, 3.05) is 13.2 Å². The summed E-state index contributed by atoms with van der Waals surface area (Å²) in [6.45, 7) is 6.47. The van der Waals surface area contributed by atoms with E-state index in [1.54, 1.807) is 0 Å². The average Bonchev–Trinajstić information content (AvgIpc) is 3.39. The van der Waals surface area contributed by atoms with Gasteiger partial charge in [0.2, 0.25) is 0 Å². The maximum Gasteiger partial charge on any atom is 0.306 e. The fourth-order valence-electron chi connectivity index (χ4n) is 8.49. The van der Waals surface area contributed by atoms with Gasteiger partial charge in [-0.25, -0.2) is 0 Å². The van der Waals surface area contributed by atoms with E-state index < -0.39 is 6.10 Å². The van der Waals surface area contributed by atoms with Crippen molar-refractivity contribution in [1.82, 2.24) is 0 Å². The van der Waals surface area contributed by atoms with E-state index in [0.29, 0.717) is 19.3 Å². The van der Waals surface area contributed by atoms with Gasteiger partial charge in [-0.1, -0.05) is 272 Å². The Morgan fingerprint density at radius 1 is 0.288 bits per heavy atom. The lowest BCUT2D eigenvalue weighted by Crippen LogP contribution is -2.30. The number of esters is 3. The summed E-state index contributed by atoms with van der Waals surface area (Å²) < 4.78 is 16.9. The van der Waals surface area contributed by atoms with Crippen LogP contribution in [0.25, 0.3) is 0 Å². The van der Waals surface area contributed by atoms with E-state index >= 15 is 0 Å². The highest BCUT2D eigenvalue weighted by Gasteiger charge is 2.19. The molecule has 0 radical (unpaired) electrons. The second kappa shape index (κ2) is 60.9. The Labute approximate surface area is 451 Å². The topological polar surface area (TPSA) is 78.9 Å². The van der Waals surface area contributed by atoms with E-state index in [0.717, 1.165) is 96.3 Å². The molecule has 0 amide bonds. The van der Waals surface area contributed by atoms with Gasteiger partial charge in [-0.2, -0.15) is 0 Å². The van der Waals surface area contributed by atoms with Gasteiger partial charge in [0, 0.05) is 19.3 Å². The van der Waals surface area contributed by atoms with Crippen molar-refractivity contribution in [1.29, 1.82) is 0 Å². The summed E-state index contributed by atoms with van der Waals surface area (Å²) in [4.78, 5) is 38.3. The van der Waals surface area contributed by atoms with E-state index in [2.05, 4.69) is 118 Å². The van der Waals surface area contributed by atoms with E-state index in [-0.39, 0.29) is 37.5 Å². The quantitative estimate of drug-likeness (QED) is 0.0261. The minimum atomic E-state index is -0.806. The zero-order valence-electron chi connectivity index (χ0n) is 47.9. The van der Waals surface area contributed by atoms with E-state index in [4.69, 9.17) is 14.2 Å². The monoisotopic (exact) mass is 1010 g/mol. The molecule has 0 fully saturated rings. The van der Waals surface area contributed by atoms with Crippen LogP contribution in [-0.4, -0.2) is 37.2 Å². The Morgan fingerprint density at radius 3 is 0.918 bits per heavy atom. The van der Waals surface area contributed by atoms with E-state index in [1.165, 1.54) is 148 Å². The fourth-order valence-corrected chi connectivity index (χ4v) is 8.49. The lowest BCUT2D eigenvalue weighted by atomic mass is 10.0. The van der Waals surface area contributed by atoms with Crippen molar-refractivity contribution < 1.29 is 28.6 Å². The predicted molar refractivity (Wildman–Crippen MR) is 316 cm³/mol. The molecule has 0 saturated heterocycles. The van der Waals surface area contributed by atoms with Crippen LogP contribution in [0.5, 0.6) is 0 Å². The summed E-state index contributed by atoms with van der Waals surface area (Å²) in [6.07, 6.45) is 81.2. The second-order valence-electron chi connectivity index (χ2n) is 20.2. The maximum atomic E-state index is 12.9. The smallest absolute Gasteiger partial charge is 0.306 e. The fraction of sp³-hybridized carbons (Fsp3) is 0.716. The molecule has 0 bridgehead atoms. The Bertz CT molecular complexity index is 1440. The highest BCUT2D eigenvalue weighted by Crippen LogP contribution is 2.16. The van der Waals surface area contributed by atoms with Gasteiger partial charge in [0.15, 0.2) is 6.10 Å². The summed E-state index contributed by atoms with van der Waals surface area (Å²) in [7, 11) is 0. The molecule has 0 spiro atoms. The van der Waals surface area contributed by atoms with Crippen LogP contribution in [0.1, 0.15) is 290 Å². The van der Waals surface area contributed by atoms with Crippen LogP contribution in [-0.2, 0) is 28.6 Å². The third-order valence-electron chi connectivity index (χ3n) is 13.1. The molecular formula is C67H114O6. The van der Waals surface area contributed by atoms with Crippen LogP contribution in [0, 0.1) is 0 Å². The van der Waals surface area contributed by atoms with E-state index in [1.807, 2.05) is 0 Å². The van der Waals surface area contributed by atoms with Gasteiger partial charge in [0.25, 0.3) is 0 Å². The third-order valence-corrected chi connectivity index (χ3v) is 13.1. The Balaban J connectivity index is 4.47. The molecule has 1 atom stereocenters. The first-order valence-electron chi connectivity index (χ1n) is 30.7. The standard InChI is InChI=1S/C67H114O6/c1-4-7-10-13-16-19-22-25-28-31-33-36-39-42-45-48-51-54-57-60-66(69)72-63-64(62-71-65(68)59-56-53-50-47-44-41-38-35-30-27-24-21-18-15-12-9-6-3)73-67(70)61-58-55-52-49-46-43-40-37-34-32-29-26-23-20-17-14-11-8-5-2/h9,12,16,18-19,21,25,27-28,30,33,36,38,41,47,50,64H,4-8,10-11,13-15,17,20,22-24,26,29,31-32,34-35,37,39-40,42-46,48-49,51-63H2,1-3H3/b12-9-,19-16-,21-18-,28-25-,30-27-,36-33-,41-38-,50-47-/t64-/m1/s1. The first-order valence-corrected chi connectivity index (χ1v) is 30.7. The molecule has 0 aliphatic rings. The molecule has 0 aromatic heterocycles. The Hall–Kier alpha value is -3.67. The largest absolute Gasteiger partial charge is 0.462 e. The minimum Gasteiger partial charge on any atom is -0.462 e. The van der Waals surface area contributed by atoms with Crippen molar-refractivity contribution in [2.45, 2.75) is 297 Å². The highest BCUT2D eigenvalue weighted by molar-refractivity contribution is 5.71. The summed E-state index contributed by atoms with van der Waals surface area (Å²) in [6, 6.07) is 0. The van der Waals surface area contributed by atoms with Gasteiger partial charge >= 0.3 is 17.9 Å². The number of hydrogen-bond acceptors (Lipinski definition) is 6. The van der Waals surface area contributed by atoms with Crippen LogP contribution >= 0.6 is 0 Å². The molecule has 0 aromatic rings. The first kappa shape index (κ1) is 69.3. The molecule has 0 aliphatic heterocycles. The zero-order chi connectivity index (χ0) is 52.9. The molecule has 73 heavy (non-hydrogen) atoms. The van der Waals surface area contributed by atoms with Crippen LogP contribution in [0.4, 0.5) is 0 Å². The normalized spacial score (nSPS) is 12.8. The summed E-state index contributed by atoms with van der Waals surface area (Å²) in [5, 5.41) is 0. The van der Waals surface area contributed by atoms with Crippen LogP contribution < -0.4 is 0 Å². The molecule has 0 N–H and O–H groups in total. The van der Waals surface area contributed by atoms with Gasteiger partial charge in [0.05, 0.1) is 0 Å². The third kappa shape index (κ3) is 59.1. The van der Waals surface area contributed by atoms with Gasteiger partial charge < -0.3 is 14.2 Å². The molecule has 0 rings (SSSR count). The van der Waals surface area contributed by atoms with E-state index in [9.17, 15) is 14.4 Å². The summed E-state index contributed by atoms with van der Waals surface area (Å²) in [5.74, 6) is -0.963. The Morgan fingerprint density at radius 2 is 0.548 bits per heavy atom. The summed E-state index contributed by atoms with van der Waals surface area (Å²) in [5.41, 5.74) is 0. The molecule has 0 heterocycles. The van der Waals surface area contributed by atoms with Crippen LogP contribution in [0.3, 0.4) is 0 Å². The number of ether oxygens (including phenoxy) is 3. The second-order valence-corrected chi connectivity index (χ2v) is 20.2. The summed E-state index contributed by atoms with van der Waals surface area (Å²) >= 11 is 0. The van der Waals surface area contributed by atoms with Crippen LogP contribution in [0.2, 0.25) is 0 Å². The van der Waals surface area contributed by atoms with Crippen molar-refractivity contribution in [3.8, 4) is 0 Å². The lowest BCUT2D eigenvalue weighted by Gasteiger charge is -2.18. The molecule has 6 heteroatoms. The molecule has 0 aromatic carbocycles. The number of carbonyl (C=O) groups excluding carboxylic acids is 3. The molecular weight excluding hydrogens is 901 g/mol. The first-order chi connectivity index (χ1) is 36.0. The molecule has 0 aliphatic carbocycles.